The van der Waals surface area contributed by atoms with Crippen LogP contribution in [0.5, 0.6) is 5.75 Å². The molecule has 2 rings (SSSR count). The van der Waals surface area contributed by atoms with Crippen molar-refractivity contribution in [1.82, 2.24) is 0 Å². The summed E-state index contributed by atoms with van der Waals surface area (Å²) in [7, 11) is 2.87. The van der Waals surface area contributed by atoms with Crippen LogP contribution in [-0.4, -0.2) is 27.0 Å². The molecule has 0 aliphatic rings. The van der Waals surface area contributed by atoms with Crippen molar-refractivity contribution in [3.63, 3.8) is 0 Å². The third-order valence-corrected chi connectivity index (χ3v) is 2.82. The van der Waals surface area contributed by atoms with Crippen LogP contribution in [0.25, 0.3) is 11.1 Å². The normalized spacial score (nSPS) is 10.1. The maximum atomic E-state index is 11.8. The first-order chi connectivity index (χ1) is 9.76. The van der Waals surface area contributed by atoms with Gasteiger partial charge < -0.3 is 14.2 Å². The van der Waals surface area contributed by atoms with E-state index in [1.165, 1.54) is 14.2 Å². The minimum atomic E-state index is -0.436. The first-order valence-electron chi connectivity index (χ1n) is 6.15. The summed E-state index contributed by atoms with van der Waals surface area (Å²) in [5.41, 5.74) is 2.33. The average molecular weight is 272 g/mol. The van der Waals surface area contributed by atoms with E-state index < -0.39 is 5.97 Å². The number of benzene rings is 2. The molecule has 0 unspecified atom stereocenters. The smallest absolute Gasteiger partial charge is 0.341 e. The maximum Gasteiger partial charge on any atom is 0.341 e. The highest BCUT2D eigenvalue weighted by molar-refractivity contribution is 5.94. The van der Waals surface area contributed by atoms with Gasteiger partial charge in [0, 0.05) is 7.11 Å². The Morgan fingerprint density at radius 1 is 1.00 bits per heavy atom. The van der Waals surface area contributed by atoms with Crippen molar-refractivity contribution in [2.24, 2.45) is 0 Å². The molecule has 104 valence electrons. The summed E-state index contributed by atoms with van der Waals surface area (Å²) >= 11 is 0. The van der Waals surface area contributed by atoms with Crippen molar-refractivity contribution >= 4 is 5.97 Å². The summed E-state index contributed by atoms with van der Waals surface area (Å²) in [4.78, 5) is 11.8. The fourth-order valence-electron chi connectivity index (χ4n) is 1.86. The monoisotopic (exact) mass is 272 g/mol. The molecule has 0 amide bonds. The van der Waals surface area contributed by atoms with Gasteiger partial charge in [-0.15, -0.1) is 0 Å². The largest absolute Gasteiger partial charge is 0.467 e. The fraction of sp³-hybridized carbons (Fsp3) is 0.188. The summed E-state index contributed by atoms with van der Waals surface area (Å²) in [6.07, 6.45) is 0. The molecule has 0 spiro atoms. The first kappa shape index (κ1) is 14.1. The summed E-state index contributed by atoms with van der Waals surface area (Å²) in [6.45, 7) is 0.0781. The molecule has 0 saturated heterocycles. The number of rotatable bonds is 5. The molecule has 20 heavy (non-hydrogen) atoms. The molecule has 0 aliphatic heterocycles. The van der Waals surface area contributed by atoms with Gasteiger partial charge in [0.05, 0.1) is 7.11 Å². The average Bonchev–Trinajstić information content (AvgIpc) is 2.53. The van der Waals surface area contributed by atoms with Crippen molar-refractivity contribution in [1.29, 1.82) is 0 Å². The Hall–Kier alpha value is -2.33. The van der Waals surface area contributed by atoms with E-state index in [1.807, 2.05) is 36.4 Å². The van der Waals surface area contributed by atoms with Gasteiger partial charge in [0.2, 0.25) is 0 Å². The highest BCUT2D eigenvalue weighted by Gasteiger charge is 2.14. The summed E-state index contributed by atoms with van der Waals surface area (Å²) < 4.78 is 15.0. The van der Waals surface area contributed by atoms with Crippen LogP contribution >= 0.6 is 0 Å². The van der Waals surface area contributed by atoms with Crippen LogP contribution in [0.15, 0.2) is 48.5 Å². The summed E-state index contributed by atoms with van der Waals surface area (Å²) in [5.74, 6) is 0.00673. The van der Waals surface area contributed by atoms with Crippen molar-refractivity contribution in [3.05, 3.63) is 54.1 Å². The van der Waals surface area contributed by atoms with Crippen LogP contribution < -0.4 is 4.74 Å². The molecule has 0 heterocycles. The van der Waals surface area contributed by atoms with Crippen LogP contribution in [0.1, 0.15) is 10.4 Å². The van der Waals surface area contributed by atoms with Gasteiger partial charge in [0.1, 0.15) is 11.3 Å². The first-order valence-corrected chi connectivity index (χ1v) is 6.15. The number of ether oxygens (including phenoxy) is 3. The zero-order chi connectivity index (χ0) is 14.4. The van der Waals surface area contributed by atoms with E-state index in [2.05, 4.69) is 0 Å². The number of hydrogen-bond donors (Lipinski definition) is 0. The van der Waals surface area contributed by atoms with E-state index in [1.54, 1.807) is 12.1 Å². The second-order valence-electron chi connectivity index (χ2n) is 4.12. The van der Waals surface area contributed by atoms with Crippen LogP contribution in [0, 0.1) is 0 Å². The molecule has 0 fully saturated rings. The molecule has 2 aromatic carbocycles. The third kappa shape index (κ3) is 3.16. The van der Waals surface area contributed by atoms with Crippen molar-refractivity contribution in [3.8, 4) is 16.9 Å². The second-order valence-corrected chi connectivity index (χ2v) is 4.12. The lowest BCUT2D eigenvalue weighted by Crippen LogP contribution is -2.07. The van der Waals surface area contributed by atoms with Crippen molar-refractivity contribution < 1.29 is 19.0 Å². The Morgan fingerprint density at radius 3 is 2.40 bits per heavy atom. The number of carbonyl (C=O) groups excluding carboxylic acids is 1. The van der Waals surface area contributed by atoms with Gasteiger partial charge in [-0.05, 0) is 23.3 Å². The fourth-order valence-corrected chi connectivity index (χ4v) is 1.86. The van der Waals surface area contributed by atoms with Gasteiger partial charge in [0.15, 0.2) is 6.79 Å². The Kier molecular flexibility index (Phi) is 4.74. The minimum Gasteiger partial charge on any atom is -0.467 e. The van der Waals surface area contributed by atoms with E-state index in [0.717, 1.165) is 11.1 Å². The summed E-state index contributed by atoms with van der Waals surface area (Å²) in [6, 6.07) is 15.2. The van der Waals surface area contributed by atoms with Gasteiger partial charge in [-0.25, -0.2) is 4.79 Å². The standard InChI is InChI=1S/C16H16O4/c1-18-11-20-15-9-8-13(10-14(15)16(17)19-2)12-6-4-3-5-7-12/h3-10H,11H2,1-2H3. The van der Waals surface area contributed by atoms with Gasteiger partial charge >= 0.3 is 5.97 Å². The van der Waals surface area contributed by atoms with Crippen LogP contribution in [0.4, 0.5) is 0 Å². The molecule has 0 aliphatic carbocycles. The molecule has 2 aromatic rings. The molecular weight excluding hydrogens is 256 g/mol. The van der Waals surface area contributed by atoms with E-state index in [0.29, 0.717) is 11.3 Å². The van der Waals surface area contributed by atoms with E-state index in [4.69, 9.17) is 14.2 Å². The zero-order valence-electron chi connectivity index (χ0n) is 11.5. The van der Waals surface area contributed by atoms with Gasteiger partial charge in [0.25, 0.3) is 0 Å². The Morgan fingerprint density at radius 2 is 1.75 bits per heavy atom. The number of methoxy groups -OCH3 is 2. The Labute approximate surface area is 117 Å². The van der Waals surface area contributed by atoms with Crippen molar-refractivity contribution in [2.75, 3.05) is 21.0 Å². The molecule has 4 nitrogen and oxygen atoms in total. The molecule has 0 atom stereocenters. The van der Waals surface area contributed by atoms with Gasteiger partial charge in [-0.3, -0.25) is 0 Å². The predicted molar refractivity (Wildman–Crippen MR) is 75.7 cm³/mol. The number of esters is 1. The van der Waals surface area contributed by atoms with Crippen LogP contribution in [-0.2, 0) is 9.47 Å². The number of carbonyl (C=O) groups is 1. The topological polar surface area (TPSA) is 44.8 Å². The maximum absolute atomic E-state index is 11.8. The van der Waals surface area contributed by atoms with E-state index >= 15 is 0 Å². The van der Waals surface area contributed by atoms with E-state index in [-0.39, 0.29) is 6.79 Å². The SMILES string of the molecule is COCOc1ccc(-c2ccccc2)cc1C(=O)OC. The van der Waals surface area contributed by atoms with Gasteiger partial charge in [-0.1, -0.05) is 36.4 Å². The highest BCUT2D eigenvalue weighted by atomic mass is 16.7. The van der Waals surface area contributed by atoms with Crippen LogP contribution in [0.3, 0.4) is 0 Å². The van der Waals surface area contributed by atoms with Gasteiger partial charge in [-0.2, -0.15) is 0 Å². The van der Waals surface area contributed by atoms with E-state index in [9.17, 15) is 4.79 Å². The predicted octanol–water partition coefficient (Wildman–Crippen LogP) is 3.12. The zero-order valence-corrected chi connectivity index (χ0v) is 11.5. The molecule has 0 N–H and O–H groups in total. The molecule has 0 radical (unpaired) electrons. The highest BCUT2D eigenvalue weighted by Crippen LogP contribution is 2.27. The van der Waals surface area contributed by atoms with Crippen LogP contribution in [0.2, 0.25) is 0 Å². The Balaban J connectivity index is 2.40. The Bertz CT molecular complexity index is 578. The quantitative estimate of drug-likeness (QED) is 0.619. The minimum absolute atomic E-state index is 0.0781. The molecular formula is C16H16O4. The second kappa shape index (κ2) is 6.73. The molecule has 4 heteroatoms. The summed E-state index contributed by atoms with van der Waals surface area (Å²) in [5, 5.41) is 0. The van der Waals surface area contributed by atoms with Crippen molar-refractivity contribution in [2.45, 2.75) is 0 Å². The lowest BCUT2D eigenvalue weighted by atomic mass is 10.0. The molecule has 0 aromatic heterocycles. The molecule has 0 bridgehead atoms. The third-order valence-electron chi connectivity index (χ3n) is 2.82. The molecule has 0 saturated carbocycles. The number of hydrogen-bond acceptors (Lipinski definition) is 4. The lowest BCUT2D eigenvalue weighted by Gasteiger charge is -2.11. The lowest BCUT2D eigenvalue weighted by molar-refractivity contribution is 0.0465.